The van der Waals surface area contributed by atoms with Crippen LogP contribution in [0, 0.1) is 11.8 Å². The van der Waals surface area contributed by atoms with Gasteiger partial charge in [-0.2, -0.15) is 0 Å². The van der Waals surface area contributed by atoms with Crippen molar-refractivity contribution < 1.29 is 14.6 Å². The van der Waals surface area contributed by atoms with E-state index in [-0.39, 0.29) is 23.7 Å². The largest absolute Gasteiger partial charge is 0.299 e. The molecule has 2 bridgehead atoms. The Morgan fingerprint density at radius 2 is 2.14 bits per heavy atom. The predicted molar refractivity (Wildman–Crippen MR) is 86.8 cm³/mol. The summed E-state index contributed by atoms with van der Waals surface area (Å²) in [5.41, 5.74) is 0.225. The van der Waals surface area contributed by atoms with Crippen LogP contribution in [0.1, 0.15) is 32.3 Å². The minimum Gasteiger partial charge on any atom is -0.299 e. The van der Waals surface area contributed by atoms with E-state index < -0.39 is 5.60 Å². The standard InChI is InChI=1S/C17H18Cl2O3/c1-10-15(20)7-12-8-16(10)21-22-17(12,2)6-5-11-3-4-13(18)9-14(11)19/h3-6,9-10,12,16H,7-8H2,1-2H3/t10-,12+,16+,17+/m1/s1. The Kier molecular flexibility index (Phi) is 4.34. The van der Waals surface area contributed by atoms with E-state index in [9.17, 15) is 4.79 Å². The Balaban J connectivity index is 1.82. The summed E-state index contributed by atoms with van der Waals surface area (Å²) >= 11 is 12.1. The summed E-state index contributed by atoms with van der Waals surface area (Å²) < 4.78 is 0. The van der Waals surface area contributed by atoms with Crippen molar-refractivity contribution in [3.63, 3.8) is 0 Å². The lowest BCUT2D eigenvalue weighted by molar-refractivity contribution is -0.415. The Morgan fingerprint density at radius 1 is 1.36 bits per heavy atom. The zero-order chi connectivity index (χ0) is 15.9. The molecule has 118 valence electrons. The van der Waals surface area contributed by atoms with Crippen molar-refractivity contribution in [2.45, 2.75) is 38.4 Å². The number of benzene rings is 1. The van der Waals surface area contributed by atoms with Crippen molar-refractivity contribution >= 4 is 35.1 Å². The highest BCUT2D eigenvalue weighted by atomic mass is 35.5. The third-order valence-corrected chi connectivity index (χ3v) is 5.31. The molecule has 0 aromatic heterocycles. The topological polar surface area (TPSA) is 35.5 Å². The van der Waals surface area contributed by atoms with E-state index in [1.807, 2.05) is 32.1 Å². The molecule has 2 aliphatic rings. The van der Waals surface area contributed by atoms with Gasteiger partial charge >= 0.3 is 0 Å². The van der Waals surface area contributed by atoms with Crippen LogP contribution in [0.15, 0.2) is 24.3 Å². The van der Waals surface area contributed by atoms with Crippen LogP contribution in [0.5, 0.6) is 0 Å². The molecule has 0 N–H and O–H groups in total. The fraction of sp³-hybridized carbons (Fsp3) is 0.471. The van der Waals surface area contributed by atoms with Crippen molar-refractivity contribution in [2.24, 2.45) is 11.8 Å². The van der Waals surface area contributed by atoms with Gasteiger partial charge in [-0.15, -0.1) is 0 Å². The molecule has 1 aliphatic heterocycles. The summed E-state index contributed by atoms with van der Waals surface area (Å²) in [6.45, 7) is 3.84. The molecule has 22 heavy (non-hydrogen) atoms. The lowest BCUT2D eigenvalue weighted by Crippen LogP contribution is -2.51. The summed E-state index contributed by atoms with van der Waals surface area (Å²) in [5.74, 6) is 0.279. The highest BCUT2D eigenvalue weighted by Gasteiger charge is 2.48. The number of ketones is 1. The number of rotatable bonds is 2. The molecule has 4 atom stereocenters. The van der Waals surface area contributed by atoms with Crippen LogP contribution in [0.4, 0.5) is 0 Å². The zero-order valence-electron chi connectivity index (χ0n) is 12.5. The summed E-state index contributed by atoms with van der Waals surface area (Å²) in [7, 11) is 0. The van der Waals surface area contributed by atoms with Gasteiger partial charge in [0.2, 0.25) is 0 Å². The molecular weight excluding hydrogens is 323 g/mol. The van der Waals surface area contributed by atoms with Crippen molar-refractivity contribution in [2.75, 3.05) is 0 Å². The number of fused-ring (bicyclic) bond motifs is 2. The first-order valence-corrected chi connectivity index (χ1v) is 8.16. The molecule has 0 radical (unpaired) electrons. The molecule has 1 aliphatic carbocycles. The fourth-order valence-electron chi connectivity index (χ4n) is 3.05. The first kappa shape index (κ1) is 16.0. The maximum absolute atomic E-state index is 12.1. The van der Waals surface area contributed by atoms with Gasteiger partial charge in [-0.3, -0.25) is 4.79 Å². The van der Waals surface area contributed by atoms with Crippen molar-refractivity contribution in [3.05, 3.63) is 39.9 Å². The van der Waals surface area contributed by atoms with E-state index in [2.05, 4.69) is 0 Å². The lowest BCUT2D eigenvalue weighted by Gasteiger charge is -2.45. The smallest absolute Gasteiger partial charge is 0.138 e. The number of carbonyl (C=O) groups is 1. The normalized spacial score (nSPS) is 35.1. The average Bonchev–Trinajstić information content (AvgIpc) is 2.47. The van der Waals surface area contributed by atoms with Crippen LogP contribution in [-0.4, -0.2) is 17.5 Å². The van der Waals surface area contributed by atoms with Gasteiger partial charge < -0.3 is 0 Å². The zero-order valence-corrected chi connectivity index (χ0v) is 14.0. The molecule has 1 aromatic rings. The van der Waals surface area contributed by atoms with E-state index in [0.717, 1.165) is 12.0 Å². The maximum Gasteiger partial charge on any atom is 0.138 e. The van der Waals surface area contributed by atoms with Gasteiger partial charge in [0, 0.05) is 28.3 Å². The molecule has 1 saturated carbocycles. The molecule has 2 fully saturated rings. The van der Waals surface area contributed by atoms with Crippen LogP contribution >= 0.6 is 23.2 Å². The predicted octanol–water partition coefficient (Wildman–Crippen LogP) is 4.71. The summed E-state index contributed by atoms with van der Waals surface area (Å²) in [5, 5.41) is 1.18. The van der Waals surface area contributed by atoms with Crippen LogP contribution in [0.3, 0.4) is 0 Å². The van der Waals surface area contributed by atoms with Crippen LogP contribution < -0.4 is 0 Å². The van der Waals surface area contributed by atoms with Gasteiger partial charge in [0.1, 0.15) is 17.5 Å². The Hall–Kier alpha value is -0.870. The van der Waals surface area contributed by atoms with Gasteiger partial charge in [0.25, 0.3) is 0 Å². The van der Waals surface area contributed by atoms with Gasteiger partial charge in [-0.05, 0) is 37.1 Å². The summed E-state index contributed by atoms with van der Waals surface area (Å²) in [6, 6.07) is 5.34. The first-order valence-electron chi connectivity index (χ1n) is 7.40. The van der Waals surface area contributed by atoms with E-state index in [1.165, 1.54) is 0 Å². The number of Topliss-reactive ketones (excluding diaryl/α,β-unsaturated/α-hetero) is 1. The number of halogens is 2. The molecular formula is C17H18Cl2O3. The summed E-state index contributed by atoms with van der Waals surface area (Å²) in [4.78, 5) is 23.2. The van der Waals surface area contributed by atoms with Gasteiger partial charge in [0.05, 0.1) is 0 Å². The van der Waals surface area contributed by atoms with E-state index in [4.69, 9.17) is 33.0 Å². The quantitative estimate of drug-likeness (QED) is 0.731. The molecule has 0 spiro atoms. The van der Waals surface area contributed by atoms with Crippen LogP contribution in [0.25, 0.3) is 6.08 Å². The monoisotopic (exact) mass is 340 g/mol. The molecule has 5 heteroatoms. The third kappa shape index (κ3) is 2.95. The Bertz CT molecular complexity index is 628. The maximum atomic E-state index is 12.1. The summed E-state index contributed by atoms with van der Waals surface area (Å²) in [6.07, 6.45) is 5.04. The average molecular weight is 341 g/mol. The van der Waals surface area contributed by atoms with Crippen LogP contribution in [-0.2, 0) is 14.6 Å². The molecule has 3 rings (SSSR count). The molecule has 3 nitrogen and oxygen atoms in total. The molecule has 1 aromatic carbocycles. The number of carbonyl (C=O) groups excluding carboxylic acids is 1. The Morgan fingerprint density at radius 3 is 2.86 bits per heavy atom. The first-order chi connectivity index (χ1) is 10.4. The fourth-order valence-corrected chi connectivity index (χ4v) is 3.52. The second-order valence-corrected chi connectivity index (χ2v) is 7.14. The highest BCUT2D eigenvalue weighted by molar-refractivity contribution is 6.35. The van der Waals surface area contributed by atoms with Crippen molar-refractivity contribution in [1.82, 2.24) is 0 Å². The number of hydrogen-bond donors (Lipinski definition) is 0. The minimum atomic E-state index is -0.630. The SMILES string of the molecule is C[C@@H]1C(=O)C[C@H]2C[C@@H]1OO[C@@]2(C)C=Cc1ccc(Cl)cc1Cl. The molecule has 1 saturated heterocycles. The molecule has 1 heterocycles. The highest BCUT2D eigenvalue weighted by Crippen LogP contribution is 2.43. The minimum absolute atomic E-state index is 0.0875. The lowest BCUT2D eigenvalue weighted by atomic mass is 9.71. The van der Waals surface area contributed by atoms with Gasteiger partial charge in [0.15, 0.2) is 0 Å². The van der Waals surface area contributed by atoms with Crippen molar-refractivity contribution in [3.8, 4) is 0 Å². The Labute approximate surface area is 140 Å². The second kappa shape index (κ2) is 5.97. The molecule has 0 amide bonds. The van der Waals surface area contributed by atoms with E-state index in [0.29, 0.717) is 16.5 Å². The van der Waals surface area contributed by atoms with E-state index >= 15 is 0 Å². The molecule has 0 unspecified atom stereocenters. The van der Waals surface area contributed by atoms with Crippen LogP contribution in [0.2, 0.25) is 10.0 Å². The van der Waals surface area contributed by atoms with E-state index in [1.54, 1.807) is 12.1 Å². The number of hydrogen-bond acceptors (Lipinski definition) is 3. The van der Waals surface area contributed by atoms with Gasteiger partial charge in [-0.25, -0.2) is 9.78 Å². The third-order valence-electron chi connectivity index (χ3n) is 4.75. The van der Waals surface area contributed by atoms with Crippen molar-refractivity contribution in [1.29, 1.82) is 0 Å². The second-order valence-electron chi connectivity index (χ2n) is 6.29. The van der Waals surface area contributed by atoms with Gasteiger partial charge in [-0.1, -0.05) is 42.3 Å².